The van der Waals surface area contributed by atoms with E-state index in [1.54, 1.807) is 23.7 Å². The second-order valence-corrected chi connectivity index (χ2v) is 5.59. The summed E-state index contributed by atoms with van der Waals surface area (Å²) in [5.41, 5.74) is 2.95. The number of halogens is 3. The number of rotatable bonds is 3. The van der Waals surface area contributed by atoms with Gasteiger partial charge < -0.3 is 4.74 Å². The summed E-state index contributed by atoms with van der Waals surface area (Å²) in [6.45, 7) is 5.72. The van der Waals surface area contributed by atoms with Crippen LogP contribution in [0.1, 0.15) is 19.4 Å². The summed E-state index contributed by atoms with van der Waals surface area (Å²) in [6.07, 6.45) is -1.14. The van der Waals surface area contributed by atoms with Gasteiger partial charge in [-0.25, -0.2) is 9.50 Å². The summed E-state index contributed by atoms with van der Waals surface area (Å²) in [5, 5.41) is 4.90. The molecule has 0 spiro atoms. The smallest absolute Gasteiger partial charge is 0.406 e. The van der Waals surface area contributed by atoms with Crippen LogP contribution < -0.4 is 4.74 Å². The van der Waals surface area contributed by atoms with E-state index in [4.69, 9.17) is 0 Å². The van der Waals surface area contributed by atoms with Gasteiger partial charge in [0.15, 0.2) is 5.16 Å². The summed E-state index contributed by atoms with van der Waals surface area (Å²) in [5.74, 6) is -0.241. The molecule has 25 heavy (non-hydrogen) atoms. The molecule has 0 saturated carbocycles. The molecule has 0 atom stereocenters. The molecule has 0 amide bonds. The number of thioether (sulfide) groups is 1. The summed E-state index contributed by atoms with van der Waals surface area (Å²) in [7, 11) is 0. The molecule has 0 aliphatic carbocycles. The Kier molecular flexibility index (Phi) is 5.94. The Morgan fingerprint density at radius 3 is 2.44 bits per heavy atom. The number of ether oxygens (including phenoxy) is 1. The molecule has 2 heterocycles. The predicted molar refractivity (Wildman–Crippen MR) is 93.0 cm³/mol. The van der Waals surface area contributed by atoms with Crippen LogP contribution in [-0.4, -0.2) is 27.2 Å². The first-order valence-corrected chi connectivity index (χ1v) is 8.85. The fraction of sp³-hybridized carbons (Fsp3) is 0.294. The first-order chi connectivity index (χ1) is 11.9. The molecular formula is C17H18F3N3OS. The monoisotopic (exact) mass is 369 g/mol. The lowest BCUT2D eigenvalue weighted by Gasteiger charge is -2.12. The highest BCUT2D eigenvalue weighted by molar-refractivity contribution is 7.98. The van der Waals surface area contributed by atoms with E-state index in [1.807, 2.05) is 32.2 Å². The number of hydrogen-bond acceptors (Lipinski definition) is 4. The van der Waals surface area contributed by atoms with Crippen molar-refractivity contribution in [2.24, 2.45) is 0 Å². The molecule has 0 unspecified atom stereocenters. The van der Waals surface area contributed by atoms with Crippen molar-refractivity contribution in [3.63, 3.8) is 0 Å². The van der Waals surface area contributed by atoms with Gasteiger partial charge in [-0.05, 0) is 49.1 Å². The lowest BCUT2D eigenvalue weighted by Crippen LogP contribution is -2.17. The number of benzene rings is 1. The quantitative estimate of drug-likeness (QED) is 0.461. The van der Waals surface area contributed by atoms with Crippen LogP contribution in [-0.2, 0) is 0 Å². The van der Waals surface area contributed by atoms with Crippen LogP contribution in [0.15, 0.2) is 41.7 Å². The van der Waals surface area contributed by atoms with E-state index in [2.05, 4.69) is 14.8 Å². The zero-order valence-corrected chi connectivity index (χ0v) is 15.1. The molecule has 134 valence electrons. The molecule has 4 nitrogen and oxygen atoms in total. The summed E-state index contributed by atoms with van der Waals surface area (Å²) < 4.78 is 42.5. The molecule has 0 N–H and O–H groups in total. The molecule has 0 saturated heterocycles. The topological polar surface area (TPSA) is 39.4 Å². The standard InChI is InChI=1S/C15H12F3N3OS.C2H6/c1-9-7-11(22-15(16,17)18)3-4-12(9)13-8-10-5-6-19-21(10)14(20-13)23-2;1-2/h3-8H,1-2H3;1-2H3. The summed E-state index contributed by atoms with van der Waals surface area (Å²) in [6, 6.07) is 7.91. The van der Waals surface area contributed by atoms with Crippen molar-refractivity contribution in [3.8, 4) is 17.0 Å². The number of hydrogen-bond donors (Lipinski definition) is 0. The van der Waals surface area contributed by atoms with Gasteiger partial charge in [-0.2, -0.15) is 5.10 Å². The summed E-state index contributed by atoms with van der Waals surface area (Å²) >= 11 is 1.44. The second-order valence-electron chi connectivity index (χ2n) is 4.82. The lowest BCUT2D eigenvalue weighted by molar-refractivity contribution is -0.274. The third-order valence-electron chi connectivity index (χ3n) is 3.24. The van der Waals surface area contributed by atoms with Crippen LogP contribution >= 0.6 is 11.8 Å². The van der Waals surface area contributed by atoms with Crippen molar-refractivity contribution < 1.29 is 17.9 Å². The van der Waals surface area contributed by atoms with Crippen LogP contribution in [0.25, 0.3) is 16.8 Å². The van der Waals surface area contributed by atoms with Gasteiger partial charge in [0.1, 0.15) is 5.75 Å². The minimum Gasteiger partial charge on any atom is -0.406 e. The normalized spacial score (nSPS) is 11.2. The average molecular weight is 369 g/mol. The van der Waals surface area contributed by atoms with E-state index in [1.165, 1.54) is 23.9 Å². The molecule has 0 radical (unpaired) electrons. The molecule has 2 aromatic heterocycles. The van der Waals surface area contributed by atoms with Gasteiger partial charge in [-0.1, -0.05) is 25.6 Å². The highest BCUT2D eigenvalue weighted by atomic mass is 32.2. The third kappa shape index (κ3) is 4.45. The van der Waals surface area contributed by atoms with Gasteiger partial charge >= 0.3 is 6.36 Å². The second kappa shape index (κ2) is 7.77. The Balaban J connectivity index is 0.00000109. The Morgan fingerprint density at radius 2 is 1.84 bits per heavy atom. The maximum atomic E-state index is 12.3. The lowest BCUT2D eigenvalue weighted by atomic mass is 10.0. The van der Waals surface area contributed by atoms with Gasteiger partial charge in [-0.15, -0.1) is 13.2 Å². The van der Waals surface area contributed by atoms with E-state index in [0.29, 0.717) is 16.4 Å². The van der Waals surface area contributed by atoms with E-state index in [9.17, 15) is 13.2 Å². The van der Waals surface area contributed by atoms with Gasteiger partial charge in [-0.3, -0.25) is 0 Å². The number of aromatic nitrogens is 3. The van der Waals surface area contributed by atoms with Crippen LogP contribution in [0.2, 0.25) is 0 Å². The van der Waals surface area contributed by atoms with Crippen molar-refractivity contribution in [2.45, 2.75) is 32.3 Å². The molecule has 0 aliphatic rings. The zero-order valence-electron chi connectivity index (χ0n) is 14.3. The van der Waals surface area contributed by atoms with Crippen LogP contribution in [0.4, 0.5) is 13.2 Å². The Labute approximate surface area is 148 Å². The maximum absolute atomic E-state index is 12.3. The molecule has 3 rings (SSSR count). The summed E-state index contributed by atoms with van der Waals surface area (Å²) in [4.78, 5) is 4.53. The highest BCUT2D eigenvalue weighted by Crippen LogP contribution is 2.30. The Hall–Kier alpha value is -2.22. The third-order valence-corrected chi connectivity index (χ3v) is 3.87. The Bertz CT molecular complexity index is 862. The molecule has 8 heteroatoms. The first-order valence-electron chi connectivity index (χ1n) is 7.63. The van der Waals surface area contributed by atoms with Crippen LogP contribution in [0.5, 0.6) is 5.75 Å². The molecule has 0 fully saturated rings. The fourth-order valence-electron chi connectivity index (χ4n) is 2.30. The highest BCUT2D eigenvalue weighted by Gasteiger charge is 2.31. The molecule has 1 aromatic carbocycles. The molecule has 0 bridgehead atoms. The van der Waals surface area contributed by atoms with Crippen molar-refractivity contribution in [3.05, 3.63) is 42.1 Å². The number of nitrogens with zero attached hydrogens (tertiary/aromatic N) is 3. The largest absolute Gasteiger partial charge is 0.573 e. The van der Waals surface area contributed by atoms with E-state index in [-0.39, 0.29) is 5.75 Å². The van der Waals surface area contributed by atoms with Crippen molar-refractivity contribution in [1.29, 1.82) is 0 Å². The maximum Gasteiger partial charge on any atom is 0.573 e. The minimum atomic E-state index is -4.70. The average Bonchev–Trinajstić information content (AvgIpc) is 3.03. The molecule has 0 aliphatic heterocycles. The minimum absolute atomic E-state index is 0.241. The number of aryl methyl sites for hydroxylation is 1. The van der Waals surface area contributed by atoms with E-state index < -0.39 is 6.36 Å². The van der Waals surface area contributed by atoms with E-state index >= 15 is 0 Å². The van der Waals surface area contributed by atoms with Gasteiger partial charge in [0, 0.05) is 5.56 Å². The SMILES string of the molecule is CC.CSc1nc(-c2ccc(OC(F)(F)F)cc2C)cc2ccnn12. The number of fused-ring (bicyclic) bond motifs is 1. The Morgan fingerprint density at radius 1 is 1.12 bits per heavy atom. The molecule has 3 aromatic rings. The predicted octanol–water partition coefficient (Wildman–Crippen LogP) is 5.35. The fourth-order valence-corrected chi connectivity index (χ4v) is 2.81. The van der Waals surface area contributed by atoms with Crippen molar-refractivity contribution >= 4 is 17.3 Å². The molecular weight excluding hydrogens is 351 g/mol. The van der Waals surface area contributed by atoms with Gasteiger partial charge in [0.2, 0.25) is 0 Å². The van der Waals surface area contributed by atoms with Gasteiger partial charge in [0.25, 0.3) is 0 Å². The van der Waals surface area contributed by atoms with E-state index in [0.717, 1.165) is 11.1 Å². The van der Waals surface area contributed by atoms with Crippen molar-refractivity contribution in [2.75, 3.05) is 6.26 Å². The first kappa shape index (κ1) is 19.1. The number of alkyl halides is 3. The van der Waals surface area contributed by atoms with Crippen LogP contribution in [0, 0.1) is 6.92 Å². The van der Waals surface area contributed by atoms with Gasteiger partial charge in [0.05, 0.1) is 17.4 Å². The van der Waals surface area contributed by atoms with Crippen molar-refractivity contribution in [1.82, 2.24) is 14.6 Å². The van der Waals surface area contributed by atoms with Crippen LogP contribution in [0.3, 0.4) is 0 Å². The zero-order chi connectivity index (χ0) is 18.6.